The molecule has 0 radical (unpaired) electrons. The van der Waals surface area contributed by atoms with E-state index in [1.165, 1.54) is 6.08 Å². The van der Waals surface area contributed by atoms with Gasteiger partial charge in [0.05, 0.1) is 32.2 Å². The topological polar surface area (TPSA) is 121 Å². The molecule has 11 heteroatoms. The van der Waals surface area contributed by atoms with Gasteiger partial charge in [0.2, 0.25) is 11.7 Å². The number of hydrogen-bond acceptors (Lipinski definition) is 10. The van der Waals surface area contributed by atoms with Gasteiger partial charge in [0.1, 0.15) is 29.5 Å². The number of nitriles is 1. The Hall–Kier alpha value is -4.01. The van der Waals surface area contributed by atoms with E-state index in [0.717, 1.165) is 41.8 Å². The summed E-state index contributed by atoms with van der Waals surface area (Å²) in [6, 6.07) is 8.19. The average Bonchev–Trinajstić information content (AvgIpc) is 3.45. The number of anilines is 1. The van der Waals surface area contributed by atoms with E-state index in [4.69, 9.17) is 24.2 Å². The van der Waals surface area contributed by atoms with Crippen molar-refractivity contribution in [3.63, 3.8) is 0 Å². The van der Waals surface area contributed by atoms with Gasteiger partial charge in [0, 0.05) is 43.2 Å². The maximum absolute atomic E-state index is 14.4. The number of amides is 1. The number of likely N-dealkylation sites (tertiary alicyclic amines) is 1. The zero-order valence-electron chi connectivity index (χ0n) is 24.9. The lowest BCUT2D eigenvalue weighted by atomic mass is 9.75. The number of likely N-dealkylation sites (N-methyl/N-ethyl adjacent to an activating group) is 1. The van der Waals surface area contributed by atoms with Crippen molar-refractivity contribution < 1.29 is 23.8 Å². The van der Waals surface area contributed by atoms with E-state index >= 15 is 0 Å². The van der Waals surface area contributed by atoms with E-state index < -0.39 is 5.60 Å². The van der Waals surface area contributed by atoms with E-state index in [1.807, 2.05) is 18.2 Å². The number of carbonyl (C=O) groups is 2. The van der Waals surface area contributed by atoms with Crippen LogP contribution in [0, 0.1) is 11.3 Å². The number of Topliss-reactive ketones (excluding diaryl/α,β-unsaturated/α-hetero) is 1. The van der Waals surface area contributed by atoms with Crippen LogP contribution in [0.25, 0.3) is 0 Å². The van der Waals surface area contributed by atoms with E-state index in [0.29, 0.717) is 57.0 Å². The molecule has 11 nitrogen and oxygen atoms in total. The highest BCUT2D eigenvalue weighted by Crippen LogP contribution is 2.43. The van der Waals surface area contributed by atoms with Crippen LogP contribution < -0.4 is 14.4 Å². The number of ketones is 1. The van der Waals surface area contributed by atoms with E-state index in [-0.39, 0.29) is 42.8 Å². The van der Waals surface area contributed by atoms with Gasteiger partial charge in [-0.25, -0.2) is 0 Å². The predicted molar refractivity (Wildman–Crippen MR) is 158 cm³/mol. The second-order valence-electron chi connectivity index (χ2n) is 11.8. The quantitative estimate of drug-likeness (QED) is 0.448. The van der Waals surface area contributed by atoms with Crippen molar-refractivity contribution in [2.75, 3.05) is 51.8 Å². The van der Waals surface area contributed by atoms with Gasteiger partial charge in [-0.3, -0.25) is 9.59 Å². The summed E-state index contributed by atoms with van der Waals surface area (Å²) < 4.78 is 18.1. The molecular weight excluding hydrogens is 548 g/mol. The first-order chi connectivity index (χ1) is 20.9. The van der Waals surface area contributed by atoms with Gasteiger partial charge >= 0.3 is 6.01 Å². The highest BCUT2D eigenvalue weighted by molar-refractivity contribution is 6.04. The van der Waals surface area contributed by atoms with Gasteiger partial charge in [-0.05, 0) is 57.0 Å². The van der Waals surface area contributed by atoms with Crippen LogP contribution in [-0.2, 0) is 29.0 Å². The molecule has 1 spiro atoms. The number of carbonyl (C=O) groups excluding carboxylic acids is 2. The lowest BCUT2D eigenvalue weighted by molar-refractivity contribution is -0.128. The van der Waals surface area contributed by atoms with E-state index in [9.17, 15) is 14.9 Å². The number of benzene rings is 1. The molecule has 2 aromatic rings. The summed E-state index contributed by atoms with van der Waals surface area (Å²) in [5.41, 5.74) is 2.08. The molecule has 2 unspecified atom stereocenters. The minimum absolute atomic E-state index is 0.164. The Bertz CT molecular complexity index is 1470. The number of ether oxygens (including phenoxy) is 3. The summed E-state index contributed by atoms with van der Waals surface area (Å²) in [4.78, 5) is 42.5. The molecule has 1 aromatic heterocycles. The fourth-order valence-electron chi connectivity index (χ4n) is 6.96. The van der Waals surface area contributed by atoms with Crippen molar-refractivity contribution in [3.05, 3.63) is 53.2 Å². The third-order valence-corrected chi connectivity index (χ3v) is 9.43. The molecule has 3 aliphatic heterocycles. The maximum atomic E-state index is 14.4. The third-order valence-electron chi connectivity index (χ3n) is 9.43. The molecule has 43 heavy (non-hydrogen) atoms. The lowest BCUT2D eigenvalue weighted by Crippen LogP contribution is -2.55. The Morgan fingerprint density at radius 3 is 2.86 bits per heavy atom. The van der Waals surface area contributed by atoms with Crippen LogP contribution in [0.5, 0.6) is 11.8 Å². The largest absolute Gasteiger partial charge is 0.496 e. The van der Waals surface area contributed by atoms with Crippen LogP contribution in [0.3, 0.4) is 0 Å². The second kappa shape index (κ2) is 11.9. The fourth-order valence-corrected chi connectivity index (χ4v) is 6.96. The summed E-state index contributed by atoms with van der Waals surface area (Å²) in [7, 11) is 3.72. The van der Waals surface area contributed by atoms with Crippen molar-refractivity contribution in [1.29, 1.82) is 5.26 Å². The average molecular weight is 587 g/mol. The Morgan fingerprint density at radius 1 is 1.26 bits per heavy atom. The van der Waals surface area contributed by atoms with Crippen molar-refractivity contribution in [2.45, 2.75) is 62.8 Å². The Morgan fingerprint density at radius 2 is 2.12 bits per heavy atom. The monoisotopic (exact) mass is 586 g/mol. The van der Waals surface area contributed by atoms with Crippen LogP contribution >= 0.6 is 0 Å². The standard InChI is InChI=1S/C32H38N6O5/c1-4-27(39)38-16-15-37(18-22(38)11-13-33)30-24-10-12-32(17-21-7-5-9-26(41-3)25(21)20-43-32)29(40)28(24)34-31(35-30)42-19-23-8-6-14-36(23)2/h4-5,7,9,22-23H,1,6,8,10-12,14-20H2,2-3H3/t22?,23?,32-/m0/s1. The van der Waals surface area contributed by atoms with Crippen molar-refractivity contribution in [1.82, 2.24) is 19.8 Å². The molecule has 1 amide bonds. The van der Waals surface area contributed by atoms with Crippen molar-refractivity contribution in [2.24, 2.45) is 0 Å². The molecule has 2 saturated heterocycles. The van der Waals surface area contributed by atoms with Crippen LogP contribution in [0.15, 0.2) is 30.9 Å². The van der Waals surface area contributed by atoms with Crippen molar-refractivity contribution in [3.8, 4) is 17.8 Å². The first kappa shape index (κ1) is 29.1. The zero-order valence-corrected chi connectivity index (χ0v) is 24.9. The molecule has 2 fully saturated rings. The summed E-state index contributed by atoms with van der Waals surface area (Å²) in [6.45, 7) is 6.67. The number of methoxy groups -OCH3 is 1. The van der Waals surface area contributed by atoms with Gasteiger partial charge in [0.15, 0.2) is 0 Å². The summed E-state index contributed by atoms with van der Waals surface area (Å²) in [6.07, 6.45) is 5.09. The van der Waals surface area contributed by atoms with Crippen LogP contribution in [0.1, 0.15) is 52.9 Å². The smallest absolute Gasteiger partial charge is 0.319 e. The molecule has 4 heterocycles. The molecule has 0 bridgehead atoms. The summed E-state index contributed by atoms with van der Waals surface area (Å²) in [5.74, 6) is 1.03. The number of rotatable bonds is 7. The number of piperazine rings is 1. The van der Waals surface area contributed by atoms with Crippen LogP contribution in [0.4, 0.5) is 5.82 Å². The first-order valence-electron chi connectivity index (χ1n) is 15.0. The molecule has 6 rings (SSSR count). The molecule has 1 aliphatic carbocycles. The zero-order chi connectivity index (χ0) is 30.1. The minimum atomic E-state index is -1.03. The van der Waals surface area contributed by atoms with Crippen molar-refractivity contribution >= 4 is 17.5 Å². The fraction of sp³-hybridized carbons (Fsp3) is 0.531. The minimum Gasteiger partial charge on any atom is -0.496 e. The number of fused-ring (bicyclic) bond motifs is 2. The van der Waals surface area contributed by atoms with Gasteiger partial charge in [0.25, 0.3) is 0 Å². The van der Waals surface area contributed by atoms with Crippen LogP contribution in [-0.4, -0.2) is 96.1 Å². The molecule has 1 aromatic carbocycles. The molecule has 226 valence electrons. The number of aromatic nitrogens is 2. The van der Waals surface area contributed by atoms with Gasteiger partial charge in [-0.1, -0.05) is 18.7 Å². The molecule has 0 saturated carbocycles. The molecular formula is C32H38N6O5. The Kier molecular flexibility index (Phi) is 8.07. The third kappa shape index (κ3) is 5.34. The van der Waals surface area contributed by atoms with Crippen LogP contribution in [0.2, 0.25) is 0 Å². The molecule has 0 N–H and O–H groups in total. The lowest BCUT2D eigenvalue weighted by Gasteiger charge is -2.43. The maximum Gasteiger partial charge on any atom is 0.319 e. The normalized spacial score (nSPS) is 25.2. The Labute approximate surface area is 252 Å². The number of nitrogens with zero attached hydrogens (tertiary/aromatic N) is 6. The Balaban J connectivity index is 1.35. The predicted octanol–water partition coefficient (Wildman–Crippen LogP) is 2.72. The second-order valence-corrected chi connectivity index (χ2v) is 11.8. The molecule has 4 aliphatic rings. The first-order valence-corrected chi connectivity index (χ1v) is 15.0. The SMILES string of the molecule is C=CC(=O)N1CCN(c2nc(OCC3CCCN3C)nc3c2CC[C@]2(Cc4cccc(OC)c4CO2)C3=O)CC1CC#N. The van der Waals surface area contributed by atoms with Gasteiger partial charge in [-0.15, -0.1) is 0 Å². The van der Waals surface area contributed by atoms with Gasteiger partial charge < -0.3 is 28.9 Å². The van der Waals surface area contributed by atoms with E-state index in [2.05, 4.69) is 29.5 Å². The highest BCUT2D eigenvalue weighted by atomic mass is 16.5. The van der Waals surface area contributed by atoms with E-state index in [1.54, 1.807) is 12.0 Å². The summed E-state index contributed by atoms with van der Waals surface area (Å²) >= 11 is 0. The highest BCUT2D eigenvalue weighted by Gasteiger charge is 2.49. The van der Waals surface area contributed by atoms with Gasteiger partial charge in [-0.2, -0.15) is 15.2 Å². The molecule has 3 atom stereocenters. The number of hydrogen-bond donors (Lipinski definition) is 0. The summed E-state index contributed by atoms with van der Waals surface area (Å²) in [5, 5.41) is 9.51.